The first-order chi connectivity index (χ1) is 11.0. The van der Waals surface area contributed by atoms with Crippen LogP contribution in [0.3, 0.4) is 0 Å². The maximum absolute atomic E-state index is 12.3. The van der Waals surface area contributed by atoms with E-state index in [1.54, 1.807) is 25.1 Å². The second-order valence-corrected chi connectivity index (χ2v) is 4.80. The highest BCUT2D eigenvalue weighted by molar-refractivity contribution is 6.05. The Balaban J connectivity index is 2.31. The Labute approximate surface area is 133 Å². The molecule has 0 spiro atoms. The third-order valence-corrected chi connectivity index (χ3v) is 3.24. The molecule has 2 aromatic rings. The van der Waals surface area contributed by atoms with E-state index < -0.39 is 10.8 Å². The molecule has 0 aliphatic rings. The summed E-state index contributed by atoms with van der Waals surface area (Å²) in [6.45, 7) is 1.74. The summed E-state index contributed by atoms with van der Waals surface area (Å²) in [7, 11) is 2.96. The average molecular weight is 316 g/mol. The van der Waals surface area contributed by atoms with Gasteiger partial charge >= 0.3 is 0 Å². The van der Waals surface area contributed by atoms with Gasteiger partial charge in [0.1, 0.15) is 5.69 Å². The van der Waals surface area contributed by atoms with Crippen molar-refractivity contribution in [2.75, 3.05) is 19.5 Å². The van der Waals surface area contributed by atoms with Crippen molar-refractivity contribution in [2.45, 2.75) is 6.92 Å². The fraction of sp³-hybridized carbons (Fsp3) is 0.188. The molecule has 2 rings (SSSR count). The van der Waals surface area contributed by atoms with E-state index in [-0.39, 0.29) is 11.4 Å². The lowest BCUT2D eigenvalue weighted by molar-refractivity contribution is -0.384. The smallest absolute Gasteiger partial charge is 0.293 e. The van der Waals surface area contributed by atoms with Crippen LogP contribution in [0.4, 0.5) is 11.4 Å². The number of carbonyl (C=O) groups excluding carboxylic acids is 1. The summed E-state index contributed by atoms with van der Waals surface area (Å²) in [5.74, 6) is 0.418. The van der Waals surface area contributed by atoms with Crippen molar-refractivity contribution in [1.82, 2.24) is 0 Å². The molecule has 0 saturated carbocycles. The number of amides is 1. The zero-order valence-corrected chi connectivity index (χ0v) is 13.0. The summed E-state index contributed by atoms with van der Waals surface area (Å²) in [4.78, 5) is 22.9. The van der Waals surface area contributed by atoms with Crippen LogP contribution in [0.15, 0.2) is 36.4 Å². The summed E-state index contributed by atoms with van der Waals surface area (Å²) in [5, 5.41) is 13.6. The fourth-order valence-electron chi connectivity index (χ4n) is 2.07. The molecular formula is C16H16N2O5. The zero-order chi connectivity index (χ0) is 17.0. The molecule has 2 aromatic carbocycles. The number of nitrogens with one attached hydrogen (secondary N) is 1. The quantitative estimate of drug-likeness (QED) is 0.676. The molecular weight excluding hydrogens is 300 g/mol. The molecule has 0 aliphatic carbocycles. The molecule has 23 heavy (non-hydrogen) atoms. The van der Waals surface area contributed by atoms with Gasteiger partial charge in [-0.2, -0.15) is 0 Å². The highest BCUT2D eigenvalue weighted by Crippen LogP contribution is 2.29. The lowest BCUT2D eigenvalue weighted by Gasteiger charge is -2.10. The molecule has 0 unspecified atom stereocenters. The minimum Gasteiger partial charge on any atom is -0.493 e. The number of benzene rings is 2. The summed E-state index contributed by atoms with van der Waals surface area (Å²) in [6, 6.07) is 9.26. The third kappa shape index (κ3) is 3.57. The standard InChI is InChI=1S/C16H16N2O5/c1-10-4-6-12(13(8-10)18(20)21)17-16(19)11-5-7-14(22-2)15(9-11)23-3/h4-9H,1-3H3,(H,17,19). The number of methoxy groups -OCH3 is 2. The number of ether oxygens (including phenoxy) is 2. The molecule has 1 amide bonds. The van der Waals surface area contributed by atoms with Crippen molar-refractivity contribution < 1.29 is 19.2 Å². The van der Waals surface area contributed by atoms with Crippen molar-refractivity contribution in [3.05, 3.63) is 57.6 Å². The van der Waals surface area contributed by atoms with Crippen molar-refractivity contribution in [1.29, 1.82) is 0 Å². The molecule has 120 valence electrons. The Morgan fingerprint density at radius 3 is 2.39 bits per heavy atom. The van der Waals surface area contributed by atoms with Crippen molar-refractivity contribution in [2.24, 2.45) is 0 Å². The van der Waals surface area contributed by atoms with Crippen LogP contribution in [0.25, 0.3) is 0 Å². The maximum atomic E-state index is 12.3. The van der Waals surface area contributed by atoms with Crippen LogP contribution < -0.4 is 14.8 Å². The van der Waals surface area contributed by atoms with Gasteiger partial charge in [-0.3, -0.25) is 14.9 Å². The SMILES string of the molecule is COc1ccc(C(=O)Nc2ccc(C)cc2[N+](=O)[O-])cc1OC. The van der Waals surface area contributed by atoms with Crippen LogP contribution in [0.5, 0.6) is 11.5 Å². The Morgan fingerprint density at radius 1 is 1.09 bits per heavy atom. The highest BCUT2D eigenvalue weighted by Gasteiger charge is 2.17. The van der Waals surface area contributed by atoms with Gasteiger partial charge in [0.2, 0.25) is 0 Å². The maximum Gasteiger partial charge on any atom is 0.293 e. The molecule has 7 nitrogen and oxygen atoms in total. The largest absolute Gasteiger partial charge is 0.493 e. The number of nitro benzene ring substituents is 1. The van der Waals surface area contributed by atoms with Gasteiger partial charge in [0, 0.05) is 11.6 Å². The monoisotopic (exact) mass is 316 g/mol. The number of anilines is 1. The van der Waals surface area contributed by atoms with Crippen LogP contribution in [0.1, 0.15) is 15.9 Å². The van der Waals surface area contributed by atoms with Crippen LogP contribution >= 0.6 is 0 Å². The van der Waals surface area contributed by atoms with Gasteiger partial charge in [0.15, 0.2) is 11.5 Å². The second-order valence-electron chi connectivity index (χ2n) is 4.80. The number of hydrogen-bond donors (Lipinski definition) is 1. The van der Waals surface area contributed by atoms with Crippen LogP contribution in [-0.4, -0.2) is 25.1 Å². The highest BCUT2D eigenvalue weighted by atomic mass is 16.6. The zero-order valence-electron chi connectivity index (χ0n) is 13.0. The number of carbonyl (C=O) groups is 1. The Hall–Kier alpha value is -3.09. The number of rotatable bonds is 5. The molecule has 0 radical (unpaired) electrons. The van der Waals surface area contributed by atoms with Gasteiger partial charge in [0.25, 0.3) is 11.6 Å². The van der Waals surface area contributed by atoms with Gasteiger partial charge in [-0.25, -0.2) is 0 Å². The van der Waals surface area contributed by atoms with Gasteiger partial charge < -0.3 is 14.8 Å². The number of nitro groups is 1. The molecule has 1 N–H and O–H groups in total. The molecule has 0 atom stereocenters. The van der Waals surface area contributed by atoms with E-state index in [0.717, 1.165) is 5.56 Å². The number of hydrogen-bond acceptors (Lipinski definition) is 5. The van der Waals surface area contributed by atoms with E-state index in [1.807, 2.05) is 0 Å². The first-order valence-corrected chi connectivity index (χ1v) is 6.74. The average Bonchev–Trinajstić information content (AvgIpc) is 2.55. The summed E-state index contributed by atoms with van der Waals surface area (Å²) >= 11 is 0. The van der Waals surface area contributed by atoms with E-state index in [9.17, 15) is 14.9 Å². The molecule has 0 saturated heterocycles. The van der Waals surface area contributed by atoms with Gasteiger partial charge in [-0.15, -0.1) is 0 Å². The van der Waals surface area contributed by atoms with Crippen molar-refractivity contribution >= 4 is 17.3 Å². The Kier molecular flexibility index (Phi) is 4.80. The second kappa shape index (κ2) is 6.78. The summed E-state index contributed by atoms with van der Waals surface area (Å²) in [5.41, 5.74) is 1.03. The topological polar surface area (TPSA) is 90.7 Å². The van der Waals surface area contributed by atoms with Crippen LogP contribution in [-0.2, 0) is 0 Å². The van der Waals surface area contributed by atoms with Crippen molar-refractivity contribution in [3.63, 3.8) is 0 Å². The molecule has 0 aliphatic heterocycles. The van der Waals surface area contributed by atoms with Crippen LogP contribution in [0, 0.1) is 17.0 Å². The predicted octanol–water partition coefficient (Wildman–Crippen LogP) is 3.17. The molecule has 0 heterocycles. The normalized spacial score (nSPS) is 10.0. The summed E-state index contributed by atoms with van der Waals surface area (Å²) in [6.07, 6.45) is 0. The Bertz CT molecular complexity index is 758. The molecule has 7 heteroatoms. The first kappa shape index (κ1) is 16.3. The van der Waals surface area contributed by atoms with E-state index in [4.69, 9.17) is 9.47 Å². The van der Waals surface area contributed by atoms with E-state index in [1.165, 1.54) is 32.4 Å². The van der Waals surface area contributed by atoms with Gasteiger partial charge in [0.05, 0.1) is 19.1 Å². The Morgan fingerprint density at radius 2 is 1.78 bits per heavy atom. The summed E-state index contributed by atoms with van der Waals surface area (Å²) < 4.78 is 10.2. The number of aryl methyl sites for hydroxylation is 1. The lowest BCUT2D eigenvalue weighted by atomic mass is 10.1. The van der Waals surface area contributed by atoms with E-state index in [0.29, 0.717) is 17.1 Å². The first-order valence-electron chi connectivity index (χ1n) is 6.74. The fourth-order valence-corrected chi connectivity index (χ4v) is 2.07. The minimum absolute atomic E-state index is 0.139. The minimum atomic E-state index is -0.531. The van der Waals surface area contributed by atoms with E-state index in [2.05, 4.69) is 5.32 Å². The van der Waals surface area contributed by atoms with Crippen LogP contribution in [0.2, 0.25) is 0 Å². The molecule has 0 aromatic heterocycles. The number of nitrogens with zero attached hydrogens (tertiary/aromatic N) is 1. The van der Waals surface area contributed by atoms with Gasteiger partial charge in [-0.05, 0) is 36.8 Å². The van der Waals surface area contributed by atoms with E-state index >= 15 is 0 Å². The lowest BCUT2D eigenvalue weighted by Crippen LogP contribution is -2.13. The molecule has 0 fully saturated rings. The van der Waals surface area contributed by atoms with Gasteiger partial charge in [-0.1, -0.05) is 6.07 Å². The predicted molar refractivity (Wildman–Crippen MR) is 85.3 cm³/mol. The molecule has 0 bridgehead atoms. The van der Waals surface area contributed by atoms with Crippen molar-refractivity contribution in [3.8, 4) is 11.5 Å². The third-order valence-electron chi connectivity index (χ3n) is 3.24.